The molecule has 0 bridgehead atoms. The van der Waals surface area contributed by atoms with Crippen molar-refractivity contribution in [3.63, 3.8) is 0 Å². The molecule has 2 atom stereocenters. The van der Waals surface area contributed by atoms with Crippen LogP contribution in [0.5, 0.6) is 0 Å². The fourth-order valence-electron chi connectivity index (χ4n) is 3.84. The molecule has 7 nitrogen and oxygen atoms in total. The number of benzene rings is 2. The topological polar surface area (TPSA) is 92.4 Å². The van der Waals surface area contributed by atoms with E-state index in [0.29, 0.717) is 12.3 Å². The van der Waals surface area contributed by atoms with Gasteiger partial charge in [0.1, 0.15) is 0 Å². The molecule has 1 aromatic heterocycles. The van der Waals surface area contributed by atoms with Crippen molar-refractivity contribution in [1.82, 2.24) is 15.5 Å². The lowest BCUT2D eigenvalue weighted by molar-refractivity contribution is -0.119. The molecular formula is C22H21N5O2. The number of hydrogen-bond acceptors (Lipinski definition) is 7. The minimum atomic E-state index is -0.785. The monoisotopic (exact) mass is 387 g/mol. The van der Waals surface area contributed by atoms with E-state index in [2.05, 4.69) is 20.8 Å². The molecule has 5 rings (SSSR count). The Morgan fingerprint density at radius 2 is 1.86 bits per heavy atom. The second kappa shape index (κ2) is 7.60. The van der Waals surface area contributed by atoms with Crippen molar-refractivity contribution in [1.29, 1.82) is 0 Å². The fourth-order valence-corrected chi connectivity index (χ4v) is 3.84. The lowest BCUT2D eigenvalue weighted by Crippen LogP contribution is -2.29. The van der Waals surface area contributed by atoms with Crippen molar-refractivity contribution >= 4 is 17.5 Å². The Morgan fingerprint density at radius 3 is 2.69 bits per heavy atom. The van der Waals surface area contributed by atoms with E-state index in [1.54, 1.807) is 0 Å². The van der Waals surface area contributed by atoms with E-state index in [-0.39, 0.29) is 17.7 Å². The SMILES string of the molecule is O=C1Cc2ccccc2C(c2ccccc2)=NC1Nc1nnc(C2CCNC2)o1. The zero-order chi connectivity index (χ0) is 19.6. The first kappa shape index (κ1) is 17.8. The molecular weight excluding hydrogens is 366 g/mol. The van der Waals surface area contributed by atoms with Gasteiger partial charge < -0.3 is 15.1 Å². The van der Waals surface area contributed by atoms with Crippen molar-refractivity contribution < 1.29 is 9.21 Å². The van der Waals surface area contributed by atoms with Crippen LogP contribution in [0.25, 0.3) is 0 Å². The van der Waals surface area contributed by atoms with Crippen LogP contribution in [0.3, 0.4) is 0 Å². The lowest BCUT2D eigenvalue weighted by Gasteiger charge is -2.12. The van der Waals surface area contributed by atoms with Crippen LogP contribution >= 0.6 is 0 Å². The van der Waals surface area contributed by atoms with Gasteiger partial charge >= 0.3 is 6.01 Å². The molecule has 2 aliphatic rings. The Morgan fingerprint density at radius 1 is 1.03 bits per heavy atom. The first-order valence-corrected chi connectivity index (χ1v) is 9.83. The van der Waals surface area contributed by atoms with E-state index in [9.17, 15) is 4.79 Å². The van der Waals surface area contributed by atoms with Gasteiger partial charge in [0.25, 0.3) is 0 Å². The van der Waals surface area contributed by atoms with E-state index < -0.39 is 6.17 Å². The minimum Gasteiger partial charge on any atom is -0.408 e. The summed E-state index contributed by atoms with van der Waals surface area (Å²) < 4.78 is 5.78. The summed E-state index contributed by atoms with van der Waals surface area (Å²) in [4.78, 5) is 17.7. The summed E-state index contributed by atoms with van der Waals surface area (Å²) in [6.07, 6.45) is 0.476. The predicted molar refractivity (Wildman–Crippen MR) is 109 cm³/mol. The number of aliphatic imine (C=N–C) groups is 1. The molecule has 29 heavy (non-hydrogen) atoms. The van der Waals surface area contributed by atoms with Gasteiger partial charge in [-0.15, -0.1) is 5.10 Å². The highest BCUT2D eigenvalue weighted by Crippen LogP contribution is 2.25. The van der Waals surface area contributed by atoms with Crippen LogP contribution in [0.2, 0.25) is 0 Å². The number of fused-ring (bicyclic) bond motifs is 1. The largest absolute Gasteiger partial charge is 0.408 e. The van der Waals surface area contributed by atoms with Crippen LogP contribution in [0.1, 0.15) is 34.9 Å². The highest BCUT2D eigenvalue weighted by Gasteiger charge is 2.28. The van der Waals surface area contributed by atoms with Crippen LogP contribution in [-0.4, -0.2) is 40.9 Å². The number of hydrogen-bond donors (Lipinski definition) is 2. The average molecular weight is 387 g/mol. The Labute approximate surface area is 168 Å². The van der Waals surface area contributed by atoms with Crippen LogP contribution < -0.4 is 10.6 Å². The zero-order valence-electron chi connectivity index (χ0n) is 15.8. The number of carbonyl (C=O) groups is 1. The summed E-state index contributed by atoms with van der Waals surface area (Å²) in [5.41, 5.74) is 3.68. The standard InChI is InChI=1S/C22H21N5O2/c28-18-12-15-8-4-5-9-17(15)19(14-6-2-1-3-7-14)24-20(18)25-22-27-26-21(29-22)16-10-11-23-13-16/h1-9,16,20,23H,10-13H2,(H,25,27). The molecule has 7 heteroatoms. The molecule has 146 valence electrons. The van der Waals surface area contributed by atoms with Crippen molar-refractivity contribution in [3.05, 3.63) is 77.2 Å². The van der Waals surface area contributed by atoms with Gasteiger partial charge in [-0.3, -0.25) is 9.79 Å². The van der Waals surface area contributed by atoms with Gasteiger partial charge in [-0.1, -0.05) is 59.7 Å². The third-order valence-electron chi connectivity index (χ3n) is 5.36. The van der Waals surface area contributed by atoms with Crippen LogP contribution in [0.4, 0.5) is 6.01 Å². The summed E-state index contributed by atoms with van der Waals surface area (Å²) in [6, 6.07) is 18.0. The van der Waals surface area contributed by atoms with Gasteiger partial charge in [-0.05, 0) is 18.5 Å². The van der Waals surface area contributed by atoms with Crippen molar-refractivity contribution in [2.24, 2.45) is 4.99 Å². The van der Waals surface area contributed by atoms with Gasteiger partial charge in [-0.2, -0.15) is 0 Å². The van der Waals surface area contributed by atoms with Gasteiger partial charge in [-0.25, -0.2) is 0 Å². The minimum absolute atomic E-state index is 0.0364. The first-order chi connectivity index (χ1) is 14.3. The molecule has 0 saturated carbocycles. The number of Topliss-reactive ketones (excluding diaryl/α,β-unsaturated/α-hetero) is 1. The number of nitrogens with zero attached hydrogens (tertiary/aromatic N) is 3. The van der Waals surface area contributed by atoms with Crippen LogP contribution in [-0.2, 0) is 11.2 Å². The quantitative estimate of drug-likeness (QED) is 0.715. The normalized spacial score (nSPS) is 21.4. The Hall–Kier alpha value is -3.32. The van der Waals surface area contributed by atoms with Gasteiger partial charge in [0, 0.05) is 24.1 Å². The number of aromatic nitrogens is 2. The molecule has 2 aromatic carbocycles. The number of nitrogens with one attached hydrogen (secondary N) is 2. The van der Waals surface area contributed by atoms with Gasteiger partial charge in [0.05, 0.1) is 11.6 Å². The number of rotatable bonds is 4. The van der Waals surface area contributed by atoms with Crippen molar-refractivity contribution in [2.75, 3.05) is 18.4 Å². The van der Waals surface area contributed by atoms with E-state index in [0.717, 1.165) is 41.9 Å². The van der Waals surface area contributed by atoms with Crippen molar-refractivity contribution in [3.8, 4) is 0 Å². The van der Waals surface area contributed by atoms with Crippen molar-refractivity contribution in [2.45, 2.75) is 24.9 Å². The summed E-state index contributed by atoms with van der Waals surface area (Å²) in [6.45, 7) is 1.77. The fraction of sp³-hybridized carbons (Fsp3) is 0.273. The van der Waals surface area contributed by atoms with Crippen LogP contribution in [0, 0.1) is 0 Å². The highest BCUT2D eigenvalue weighted by molar-refractivity contribution is 6.16. The third kappa shape index (κ3) is 3.56. The zero-order valence-corrected chi connectivity index (χ0v) is 15.8. The van der Waals surface area contributed by atoms with Gasteiger partial charge in [0.2, 0.25) is 5.89 Å². The van der Waals surface area contributed by atoms with E-state index in [4.69, 9.17) is 9.41 Å². The number of anilines is 1. The molecule has 1 saturated heterocycles. The molecule has 0 aliphatic carbocycles. The maximum absolute atomic E-state index is 13.0. The molecule has 2 aliphatic heterocycles. The Bertz CT molecular complexity index is 1050. The second-order valence-corrected chi connectivity index (χ2v) is 7.33. The van der Waals surface area contributed by atoms with E-state index in [1.807, 2.05) is 54.6 Å². The van der Waals surface area contributed by atoms with Gasteiger partial charge in [0.15, 0.2) is 11.9 Å². The molecule has 0 amide bonds. The highest BCUT2D eigenvalue weighted by atomic mass is 16.4. The van der Waals surface area contributed by atoms with Crippen LogP contribution in [0.15, 0.2) is 64.0 Å². The Kier molecular flexibility index (Phi) is 4.65. The third-order valence-corrected chi connectivity index (χ3v) is 5.36. The number of ketones is 1. The molecule has 0 spiro atoms. The number of carbonyl (C=O) groups excluding carboxylic acids is 1. The lowest BCUT2D eigenvalue weighted by atomic mass is 9.96. The maximum atomic E-state index is 13.0. The molecule has 2 N–H and O–H groups in total. The first-order valence-electron chi connectivity index (χ1n) is 9.83. The molecule has 3 aromatic rings. The molecule has 2 unspecified atom stereocenters. The Balaban J connectivity index is 1.49. The summed E-state index contributed by atoms with van der Waals surface area (Å²) >= 11 is 0. The van der Waals surface area contributed by atoms with E-state index in [1.165, 1.54) is 0 Å². The maximum Gasteiger partial charge on any atom is 0.317 e. The predicted octanol–water partition coefficient (Wildman–Crippen LogP) is 2.55. The summed E-state index contributed by atoms with van der Waals surface area (Å²) in [7, 11) is 0. The molecule has 3 heterocycles. The average Bonchev–Trinajstić information content (AvgIpc) is 3.42. The molecule has 1 fully saturated rings. The summed E-state index contributed by atoms with van der Waals surface area (Å²) in [5, 5.41) is 14.6. The second-order valence-electron chi connectivity index (χ2n) is 7.33. The smallest absolute Gasteiger partial charge is 0.317 e. The van der Waals surface area contributed by atoms with E-state index >= 15 is 0 Å². The summed E-state index contributed by atoms with van der Waals surface area (Å²) in [5.74, 6) is 0.773. The molecule has 0 radical (unpaired) electrons.